The van der Waals surface area contributed by atoms with E-state index in [1.54, 1.807) is 42.7 Å². The summed E-state index contributed by atoms with van der Waals surface area (Å²) in [6.45, 7) is 5.09. The number of halogens is 1. The van der Waals surface area contributed by atoms with Crippen LogP contribution in [-0.4, -0.2) is 39.8 Å². The molecule has 1 aliphatic heterocycles. The molecule has 1 aliphatic rings. The summed E-state index contributed by atoms with van der Waals surface area (Å²) in [4.78, 5) is 38.1. The van der Waals surface area contributed by atoms with Gasteiger partial charge in [0, 0.05) is 17.0 Å². The highest BCUT2D eigenvalue weighted by Crippen LogP contribution is 2.24. The van der Waals surface area contributed by atoms with E-state index in [2.05, 4.69) is 5.32 Å². The maximum Gasteiger partial charge on any atom is 0.325 e. The van der Waals surface area contributed by atoms with Crippen molar-refractivity contribution >= 4 is 17.7 Å². The molecule has 1 N–H and O–H groups in total. The number of aryl methyl sites for hydroxylation is 1. The van der Waals surface area contributed by atoms with Crippen molar-refractivity contribution in [3.63, 3.8) is 0 Å². The van der Waals surface area contributed by atoms with Crippen LogP contribution >= 0.6 is 0 Å². The molecule has 1 atom stereocenters. The smallest absolute Gasteiger partial charge is 0.325 e. The van der Waals surface area contributed by atoms with Gasteiger partial charge in [-0.2, -0.15) is 0 Å². The number of para-hydroxylation sites is 1. The molecule has 142 valence electrons. The van der Waals surface area contributed by atoms with Gasteiger partial charge in [0.25, 0.3) is 5.91 Å². The molecule has 0 aliphatic carbocycles. The lowest BCUT2D eigenvalue weighted by Gasteiger charge is -2.13. The third kappa shape index (κ3) is 3.37. The van der Waals surface area contributed by atoms with Gasteiger partial charge in [-0.25, -0.2) is 9.18 Å². The quantitative estimate of drug-likeness (QED) is 0.626. The second-order valence-corrected chi connectivity index (χ2v) is 6.71. The van der Waals surface area contributed by atoms with Crippen molar-refractivity contribution in [2.75, 3.05) is 6.54 Å². The van der Waals surface area contributed by atoms with E-state index in [4.69, 9.17) is 0 Å². The summed E-state index contributed by atoms with van der Waals surface area (Å²) in [7, 11) is 0. The van der Waals surface area contributed by atoms with Crippen LogP contribution in [0.2, 0.25) is 0 Å². The van der Waals surface area contributed by atoms with Gasteiger partial charge >= 0.3 is 6.03 Å². The maximum atomic E-state index is 14.2. The molecule has 7 heteroatoms. The molecule has 1 aromatic heterocycles. The van der Waals surface area contributed by atoms with Crippen molar-refractivity contribution < 1.29 is 18.8 Å². The first-order chi connectivity index (χ1) is 12.8. The van der Waals surface area contributed by atoms with Gasteiger partial charge in [0.05, 0.1) is 12.2 Å². The van der Waals surface area contributed by atoms with Crippen LogP contribution < -0.4 is 5.32 Å². The molecular weight excluding hydrogens is 349 g/mol. The number of imide groups is 1. The lowest BCUT2D eigenvalue weighted by Crippen LogP contribution is -2.36. The largest absolute Gasteiger partial charge is 0.326 e. The number of urea groups is 1. The molecule has 27 heavy (non-hydrogen) atoms. The number of Topliss-reactive ketones (excluding diaryl/α,β-unsaturated/α-hetero) is 1. The van der Waals surface area contributed by atoms with Crippen LogP contribution in [0.15, 0.2) is 30.3 Å². The van der Waals surface area contributed by atoms with Crippen LogP contribution in [0.1, 0.15) is 41.5 Å². The van der Waals surface area contributed by atoms with Crippen LogP contribution in [0, 0.1) is 19.7 Å². The summed E-state index contributed by atoms with van der Waals surface area (Å²) in [5.41, 5.74) is 1.99. The molecule has 3 rings (SSSR count). The van der Waals surface area contributed by atoms with Crippen LogP contribution in [0.3, 0.4) is 0 Å². The first kappa shape index (κ1) is 18.8. The first-order valence-corrected chi connectivity index (χ1v) is 8.94. The fourth-order valence-electron chi connectivity index (χ4n) is 3.49. The third-order valence-corrected chi connectivity index (χ3v) is 4.81. The Bertz CT molecular complexity index is 919. The molecule has 2 heterocycles. The van der Waals surface area contributed by atoms with Gasteiger partial charge in [-0.05, 0) is 38.5 Å². The maximum absolute atomic E-state index is 14.2. The molecule has 0 bridgehead atoms. The molecule has 1 saturated heterocycles. The predicted molar refractivity (Wildman–Crippen MR) is 98.5 cm³/mol. The lowest BCUT2D eigenvalue weighted by molar-refractivity contribution is -0.127. The number of benzene rings is 1. The number of rotatable bonds is 6. The van der Waals surface area contributed by atoms with Crippen molar-refractivity contribution in [1.29, 1.82) is 0 Å². The number of nitrogens with one attached hydrogen (secondary N) is 1. The highest BCUT2D eigenvalue weighted by molar-refractivity contribution is 6.09. The molecule has 1 fully saturated rings. The number of carbonyl (C=O) groups excluding carboxylic acids is 3. The van der Waals surface area contributed by atoms with E-state index in [1.165, 1.54) is 6.07 Å². The minimum Gasteiger partial charge on any atom is -0.326 e. The summed E-state index contributed by atoms with van der Waals surface area (Å²) in [6.07, 6.45) is 1.29. The fourth-order valence-corrected chi connectivity index (χ4v) is 3.49. The Morgan fingerprint density at radius 3 is 2.59 bits per heavy atom. The van der Waals surface area contributed by atoms with Crippen molar-refractivity contribution in [2.45, 2.75) is 39.7 Å². The zero-order valence-electron chi connectivity index (χ0n) is 15.6. The number of aromatic nitrogens is 1. The zero-order valence-corrected chi connectivity index (χ0v) is 15.6. The van der Waals surface area contributed by atoms with Crippen LogP contribution in [-0.2, 0) is 4.79 Å². The van der Waals surface area contributed by atoms with E-state index in [0.29, 0.717) is 29.1 Å². The number of carbonyl (C=O) groups is 3. The Labute approximate surface area is 157 Å². The zero-order chi connectivity index (χ0) is 19.7. The molecule has 6 nitrogen and oxygen atoms in total. The number of hydrogen-bond acceptors (Lipinski definition) is 3. The first-order valence-electron chi connectivity index (χ1n) is 8.94. The predicted octanol–water partition coefficient (Wildman–Crippen LogP) is 3.14. The molecule has 3 amide bonds. The average Bonchev–Trinajstić information content (AvgIpc) is 3.06. The number of hydrogen-bond donors (Lipinski definition) is 1. The van der Waals surface area contributed by atoms with Gasteiger partial charge < -0.3 is 9.88 Å². The van der Waals surface area contributed by atoms with Gasteiger partial charge in [-0.1, -0.05) is 25.5 Å². The van der Waals surface area contributed by atoms with E-state index in [9.17, 15) is 18.8 Å². The molecule has 0 radical (unpaired) electrons. The molecule has 0 saturated carbocycles. The molecular formula is C20H22FN3O3. The molecule has 1 unspecified atom stereocenters. The van der Waals surface area contributed by atoms with Crippen LogP contribution in [0.5, 0.6) is 0 Å². The lowest BCUT2D eigenvalue weighted by atomic mass is 10.1. The second-order valence-electron chi connectivity index (χ2n) is 6.71. The van der Waals surface area contributed by atoms with Crippen molar-refractivity contribution in [2.24, 2.45) is 0 Å². The van der Waals surface area contributed by atoms with Crippen molar-refractivity contribution in [3.8, 4) is 5.69 Å². The second kappa shape index (κ2) is 7.34. The summed E-state index contributed by atoms with van der Waals surface area (Å²) in [6, 6.07) is 6.86. The molecule has 0 spiro atoms. The third-order valence-electron chi connectivity index (χ3n) is 4.81. The normalized spacial score (nSPS) is 16.7. The summed E-state index contributed by atoms with van der Waals surface area (Å²) in [5, 5.41) is 2.61. The topological polar surface area (TPSA) is 71.4 Å². The van der Waals surface area contributed by atoms with Crippen LogP contribution in [0.4, 0.5) is 9.18 Å². The average molecular weight is 371 g/mol. The van der Waals surface area contributed by atoms with Gasteiger partial charge in [-0.3, -0.25) is 14.5 Å². The van der Waals surface area contributed by atoms with E-state index in [-0.39, 0.29) is 18.2 Å². The highest BCUT2D eigenvalue weighted by Gasteiger charge is 2.38. The van der Waals surface area contributed by atoms with Gasteiger partial charge in [0.1, 0.15) is 11.9 Å². The standard InChI is InChI=1S/C20H22FN3O3/c1-4-7-16-19(26)23(20(27)22-16)11-18(25)14-10-12(2)24(13(14)3)17-9-6-5-8-15(17)21/h5-6,8-10,16H,4,7,11H2,1-3H3,(H,22,27). The summed E-state index contributed by atoms with van der Waals surface area (Å²) >= 11 is 0. The van der Waals surface area contributed by atoms with Gasteiger partial charge in [-0.15, -0.1) is 0 Å². The Kier molecular flexibility index (Phi) is 5.12. The summed E-state index contributed by atoms with van der Waals surface area (Å²) < 4.78 is 15.8. The number of ketones is 1. The van der Waals surface area contributed by atoms with Crippen molar-refractivity contribution in [3.05, 3.63) is 53.1 Å². The number of nitrogens with zero attached hydrogens (tertiary/aromatic N) is 2. The molecule has 1 aromatic carbocycles. The Hall–Kier alpha value is -2.96. The highest BCUT2D eigenvalue weighted by atomic mass is 19.1. The summed E-state index contributed by atoms with van der Waals surface area (Å²) in [5.74, 6) is -1.13. The van der Waals surface area contributed by atoms with E-state index >= 15 is 0 Å². The molecule has 2 aromatic rings. The van der Waals surface area contributed by atoms with Crippen LogP contribution in [0.25, 0.3) is 5.69 Å². The number of amides is 3. The fraction of sp³-hybridized carbons (Fsp3) is 0.350. The van der Waals surface area contributed by atoms with Gasteiger partial charge in [0.2, 0.25) is 0 Å². The monoisotopic (exact) mass is 371 g/mol. The van der Waals surface area contributed by atoms with Crippen molar-refractivity contribution in [1.82, 2.24) is 14.8 Å². The Morgan fingerprint density at radius 1 is 1.22 bits per heavy atom. The van der Waals surface area contributed by atoms with E-state index < -0.39 is 17.9 Å². The van der Waals surface area contributed by atoms with E-state index in [1.807, 2.05) is 6.92 Å². The minimum atomic E-state index is -0.568. The Balaban J connectivity index is 1.87. The SMILES string of the molecule is CCCC1NC(=O)N(CC(=O)c2cc(C)n(-c3ccccc3F)c2C)C1=O. The van der Waals surface area contributed by atoms with Gasteiger partial charge in [0.15, 0.2) is 5.78 Å². The Morgan fingerprint density at radius 2 is 1.93 bits per heavy atom. The minimum absolute atomic E-state index is 0.327. The van der Waals surface area contributed by atoms with E-state index in [0.717, 1.165) is 11.3 Å².